The number of hydrogen-bond acceptors (Lipinski definition) is 10. The topological polar surface area (TPSA) is 231 Å². The zero-order chi connectivity index (χ0) is 20.0. The fourth-order valence-electron chi connectivity index (χ4n) is 1.71. The van der Waals surface area contributed by atoms with Crippen LogP contribution >= 0.6 is 27.0 Å². The summed E-state index contributed by atoms with van der Waals surface area (Å²) in [6.45, 7) is -0.377. The zero-order valence-corrected chi connectivity index (χ0v) is 16.6. The summed E-state index contributed by atoms with van der Waals surface area (Å²) >= 11 is 0. The molecule has 15 heteroatoms. The molecule has 0 radical (unpaired) electrons. The first-order valence-corrected chi connectivity index (χ1v) is 7.12. The fraction of sp³-hybridized carbons (Fsp3) is 0.385. The van der Waals surface area contributed by atoms with E-state index >= 15 is 0 Å². The maximum atomic E-state index is 12.1. The second-order valence-corrected chi connectivity index (χ2v) is 5.06. The highest BCUT2D eigenvalue weighted by Crippen LogP contribution is 2.13. The first kappa shape index (κ1) is 27.6. The first-order valence-electron chi connectivity index (χ1n) is 7.12. The standard InChI is InChI=1S/C13H18N6O7.2H2S/c1-4(22)5(2-20)16-11(23)7-9(14)19-8(10(15)18-7)12(24)17-6(3-21)13(25)26;;/h5-6,20-21H,2-3H2,1H3,(H2,14,19)(H2,15,18)(H,16,23)(H,17,24)(H,25,26);2*1H2/t5-,6-;;/m0../s1. The van der Waals surface area contributed by atoms with Crippen LogP contribution in [-0.2, 0) is 9.59 Å². The van der Waals surface area contributed by atoms with Crippen LogP contribution in [0, 0.1) is 0 Å². The summed E-state index contributed by atoms with van der Waals surface area (Å²) < 4.78 is 0. The number of aliphatic hydroxyl groups excluding tert-OH is 2. The predicted octanol–water partition coefficient (Wildman–Crippen LogP) is -3.28. The Hall–Kier alpha value is -2.62. The van der Waals surface area contributed by atoms with Crippen LogP contribution in [0.15, 0.2) is 0 Å². The Morgan fingerprint density at radius 1 is 0.893 bits per heavy atom. The molecule has 158 valence electrons. The van der Waals surface area contributed by atoms with Crippen molar-refractivity contribution in [1.82, 2.24) is 20.6 Å². The first-order chi connectivity index (χ1) is 12.1. The smallest absolute Gasteiger partial charge is 0.328 e. The molecular formula is C13H22N6O7S2. The molecular weight excluding hydrogens is 416 g/mol. The van der Waals surface area contributed by atoms with E-state index in [0.717, 1.165) is 6.92 Å². The Morgan fingerprint density at radius 3 is 1.54 bits per heavy atom. The summed E-state index contributed by atoms with van der Waals surface area (Å²) in [4.78, 5) is 53.3. The molecule has 1 aromatic rings. The lowest BCUT2D eigenvalue weighted by atomic mass is 10.2. The van der Waals surface area contributed by atoms with Gasteiger partial charge in [0.2, 0.25) is 0 Å². The second kappa shape index (κ2) is 12.0. The lowest BCUT2D eigenvalue weighted by Gasteiger charge is -2.15. The molecule has 1 heterocycles. The van der Waals surface area contributed by atoms with Crippen molar-refractivity contribution in [2.75, 3.05) is 24.7 Å². The molecule has 1 rings (SSSR count). The highest BCUT2D eigenvalue weighted by molar-refractivity contribution is 7.59. The molecule has 0 unspecified atom stereocenters. The van der Waals surface area contributed by atoms with Gasteiger partial charge in [0.1, 0.15) is 6.04 Å². The number of carboxylic acids is 1. The number of nitrogens with one attached hydrogen (secondary N) is 2. The van der Waals surface area contributed by atoms with Gasteiger partial charge in [-0.1, -0.05) is 0 Å². The third-order valence-corrected chi connectivity index (χ3v) is 3.14. The summed E-state index contributed by atoms with van der Waals surface area (Å²) in [7, 11) is 0. The average Bonchev–Trinajstić information content (AvgIpc) is 2.57. The highest BCUT2D eigenvalue weighted by Gasteiger charge is 2.26. The van der Waals surface area contributed by atoms with Crippen LogP contribution in [0.2, 0.25) is 0 Å². The summed E-state index contributed by atoms with van der Waals surface area (Å²) in [5.41, 5.74) is 10.1. The summed E-state index contributed by atoms with van der Waals surface area (Å²) in [6.07, 6.45) is 0. The van der Waals surface area contributed by atoms with Crippen molar-refractivity contribution in [3.05, 3.63) is 11.4 Å². The molecule has 0 spiro atoms. The van der Waals surface area contributed by atoms with E-state index in [1.165, 1.54) is 0 Å². The predicted molar refractivity (Wildman–Crippen MR) is 107 cm³/mol. The van der Waals surface area contributed by atoms with Crippen molar-refractivity contribution in [1.29, 1.82) is 0 Å². The maximum Gasteiger partial charge on any atom is 0.328 e. The van der Waals surface area contributed by atoms with Crippen molar-refractivity contribution < 1.29 is 34.5 Å². The van der Waals surface area contributed by atoms with Crippen molar-refractivity contribution >= 4 is 62.2 Å². The Kier molecular flexibility index (Phi) is 11.8. The normalized spacial score (nSPS) is 11.8. The zero-order valence-electron chi connectivity index (χ0n) is 14.6. The van der Waals surface area contributed by atoms with Crippen LogP contribution < -0.4 is 22.1 Å². The number of nitrogens with zero attached hydrogens (tertiary/aromatic N) is 2. The molecule has 0 aliphatic carbocycles. The van der Waals surface area contributed by atoms with Gasteiger partial charge < -0.3 is 37.4 Å². The summed E-state index contributed by atoms with van der Waals surface area (Å²) in [6, 6.07) is -2.79. The molecule has 0 aromatic carbocycles. The number of Topliss-reactive ketones (excluding diaryl/α,β-unsaturated/α-hetero) is 1. The average molecular weight is 438 g/mol. The van der Waals surface area contributed by atoms with Gasteiger partial charge in [0.25, 0.3) is 11.8 Å². The maximum absolute atomic E-state index is 12.1. The van der Waals surface area contributed by atoms with E-state index in [-0.39, 0.29) is 27.0 Å². The molecule has 0 aliphatic rings. The number of aliphatic hydroxyl groups is 2. The monoisotopic (exact) mass is 438 g/mol. The van der Waals surface area contributed by atoms with Gasteiger partial charge in [0.05, 0.1) is 13.2 Å². The number of nitrogens with two attached hydrogens (primary N) is 2. The quantitative estimate of drug-likeness (QED) is 0.213. The summed E-state index contributed by atoms with van der Waals surface area (Å²) in [5, 5.41) is 30.8. The number of amides is 2. The van der Waals surface area contributed by atoms with E-state index in [1.807, 2.05) is 5.32 Å². The Morgan fingerprint density at radius 2 is 1.25 bits per heavy atom. The van der Waals surface area contributed by atoms with Crippen LogP contribution in [-0.4, -0.2) is 74.2 Å². The number of anilines is 2. The van der Waals surface area contributed by atoms with Crippen molar-refractivity contribution in [3.8, 4) is 0 Å². The molecule has 2 amide bonds. The van der Waals surface area contributed by atoms with Crippen molar-refractivity contribution in [2.24, 2.45) is 0 Å². The number of carboxylic acid groups (broad SMARTS) is 1. The van der Waals surface area contributed by atoms with E-state index < -0.39 is 71.9 Å². The molecule has 0 bridgehead atoms. The minimum Gasteiger partial charge on any atom is -0.480 e. The lowest BCUT2D eigenvalue weighted by molar-refractivity contribution is -0.140. The van der Waals surface area contributed by atoms with Gasteiger partial charge in [0, 0.05) is 0 Å². The second-order valence-electron chi connectivity index (χ2n) is 5.06. The number of nitrogen functional groups attached to an aromatic ring is 2. The minimum atomic E-state index is -1.60. The Bertz CT molecular complexity index is 687. The van der Waals surface area contributed by atoms with Gasteiger partial charge in [-0.3, -0.25) is 14.4 Å². The molecule has 0 fully saturated rings. The van der Waals surface area contributed by atoms with Gasteiger partial charge in [-0.15, -0.1) is 0 Å². The van der Waals surface area contributed by atoms with Gasteiger partial charge in [-0.2, -0.15) is 27.0 Å². The third kappa shape index (κ3) is 6.84. The molecule has 1 aromatic heterocycles. The van der Waals surface area contributed by atoms with E-state index in [0.29, 0.717) is 0 Å². The Labute approximate surface area is 172 Å². The van der Waals surface area contributed by atoms with Crippen LogP contribution in [0.25, 0.3) is 0 Å². The number of rotatable bonds is 8. The molecule has 0 saturated heterocycles. The van der Waals surface area contributed by atoms with E-state index in [2.05, 4.69) is 15.3 Å². The number of hydrogen-bond donors (Lipinski definition) is 7. The molecule has 9 N–H and O–H groups in total. The van der Waals surface area contributed by atoms with E-state index in [9.17, 15) is 19.2 Å². The van der Waals surface area contributed by atoms with E-state index in [1.54, 1.807) is 0 Å². The largest absolute Gasteiger partial charge is 0.480 e. The van der Waals surface area contributed by atoms with Crippen molar-refractivity contribution in [3.63, 3.8) is 0 Å². The molecule has 28 heavy (non-hydrogen) atoms. The van der Waals surface area contributed by atoms with E-state index in [4.69, 9.17) is 26.8 Å². The number of aromatic nitrogens is 2. The van der Waals surface area contributed by atoms with Crippen LogP contribution in [0.3, 0.4) is 0 Å². The lowest BCUT2D eigenvalue weighted by Crippen LogP contribution is -2.44. The molecule has 13 nitrogen and oxygen atoms in total. The van der Waals surface area contributed by atoms with Gasteiger partial charge in [-0.25, -0.2) is 14.8 Å². The minimum absolute atomic E-state index is 0. The molecule has 0 saturated carbocycles. The van der Waals surface area contributed by atoms with Gasteiger partial charge in [0.15, 0.2) is 34.8 Å². The fourth-order valence-corrected chi connectivity index (χ4v) is 1.71. The van der Waals surface area contributed by atoms with Gasteiger partial charge >= 0.3 is 5.97 Å². The highest BCUT2D eigenvalue weighted by atomic mass is 32.1. The van der Waals surface area contributed by atoms with Crippen molar-refractivity contribution in [2.45, 2.75) is 19.0 Å². The molecule has 2 atom stereocenters. The number of carbonyl (C=O) groups excluding carboxylic acids is 3. The number of aliphatic carboxylic acids is 1. The third-order valence-electron chi connectivity index (χ3n) is 3.14. The van der Waals surface area contributed by atoms with Gasteiger partial charge in [-0.05, 0) is 6.92 Å². The molecule has 0 aliphatic heterocycles. The van der Waals surface area contributed by atoms with Crippen LogP contribution in [0.5, 0.6) is 0 Å². The van der Waals surface area contributed by atoms with Crippen LogP contribution in [0.4, 0.5) is 11.6 Å². The summed E-state index contributed by atoms with van der Waals surface area (Å²) in [5.74, 6) is -5.09. The number of carbonyl (C=O) groups is 4. The Balaban J connectivity index is 0. The SMILES string of the molecule is CC(=O)[C@H](CO)NC(=O)c1nc(N)c(C(=O)N[C@@H](CO)C(=O)O)nc1N.S.S. The van der Waals surface area contributed by atoms with Crippen LogP contribution in [0.1, 0.15) is 27.9 Å². The number of ketones is 1.